The predicted octanol–water partition coefficient (Wildman–Crippen LogP) is 4.20. The zero-order valence-corrected chi connectivity index (χ0v) is 18.9. The minimum atomic E-state index is -3.91. The smallest absolute Gasteiger partial charge is 0.241 e. The van der Waals surface area contributed by atoms with Gasteiger partial charge in [0.15, 0.2) is 0 Å². The van der Waals surface area contributed by atoms with Crippen molar-refractivity contribution in [2.75, 3.05) is 18.6 Å². The second-order valence-electron chi connectivity index (χ2n) is 7.80. The lowest BCUT2D eigenvalue weighted by atomic mass is 9.96. The Hall–Kier alpha value is -3.16. The van der Waals surface area contributed by atoms with Gasteiger partial charge in [0.1, 0.15) is 5.75 Å². The number of nitrogens with one attached hydrogen (secondary N) is 1. The lowest BCUT2D eigenvalue weighted by Crippen LogP contribution is -2.30. The normalized spacial score (nSPS) is 15.1. The number of methoxy groups -OCH3 is 1. The molecule has 1 atom stereocenters. The molecule has 7 heteroatoms. The van der Waals surface area contributed by atoms with E-state index in [0.717, 1.165) is 23.1 Å². The Morgan fingerprint density at radius 3 is 2.38 bits per heavy atom. The maximum atomic E-state index is 13.5. The van der Waals surface area contributed by atoms with Crippen LogP contribution in [0, 0.1) is 6.92 Å². The highest BCUT2D eigenvalue weighted by atomic mass is 32.2. The van der Waals surface area contributed by atoms with E-state index >= 15 is 0 Å². The Morgan fingerprint density at radius 1 is 1.00 bits per heavy atom. The molecule has 166 valence electrons. The molecule has 0 unspecified atom stereocenters. The highest BCUT2D eigenvalue weighted by Crippen LogP contribution is 2.34. The summed E-state index contributed by atoms with van der Waals surface area (Å²) >= 11 is 0. The van der Waals surface area contributed by atoms with E-state index in [1.54, 1.807) is 11.0 Å². The van der Waals surface area contributed by atoms with E-state index in [2.05, 4.69) is 4.72 Å². The molecule has 3 aromatic rings. The number of sulfonamides is 1. The fourth-order valence-electron chi connectivity index (χ4n) is 4.04. The van der Waals surface area contributed by atoms with Crippen molar-refractivity contribution in [2.24, 2.45) is 0 Å². The fourth-order valence-corrected chi connectivity index (χ4v) is 5.26. The summed E-state index contributed by atoms with van der Waals surface area (Å²) in [4.78, 5) is 14.0. The molecule has 0 radical (unpaired) electrons. The number of carbonyl (C=O) groups is 1. The molecule has 0 saturated carbocycles. The molecular formula is C25H26N2O4S. The largest absolute Gasteiger partial charge is 0.495 e. The maximum Gasteiger partial charge on any atom is 0.241 e. The number of carbonyl (C=O) groups excluding carboxylic acids is 1. The van der Waals surface area contributed by atoms with Crippen LogP contribution in [0.4, 0.5) is 5.69 Å². The number of hydrogen-bond acceptors (Lipinski definition) is 4. The van der Waals surface area contributed by atoms with Gasteiger partial charge in [-0.2, -0.15) is 4.72 Å². The first-order valence-corrected chi connectivity index (χ1v) is 12.0. The van der Waals surface area contributed by atoms with Crippen LogP contribution in [-0.4, -0.2) is 28.0 Å². The molecule has 0 aliphatic carbocycles. The standard InChI is InChI=1S/C25H26N2O4S/c1-18-9-6-7-12-21(18)25(19-10-4-3-5-11-19)26-32(29,30)20-14-15-23(31-2)22(17-20)27-16-8-13-24(27)28/h3-7,9-12,14-15,17,25-26H,8,13,16H2,1-2H3/t25-/m0/s1. The molecule has 1 N–H and O–H groups in total. The average Bonchev–Trinajstić information content (AvgIpc) is 3.24. The molecule has 1 amide bonds. The van der Waals surface area contributed by atoms with Gasteiger partial charge in [0.2, 0.25) is 15.9 Å². The third-order valence-corrected chi connectivity index (χ3v) is 7.15. The quantitative estimate of drug-likeness (QED) is 0.585. The number of aryl methyl sites for hydroxylation is 1. The maximum absolute atomic E-state index is 13.5. The Morgan fingerprint density at radius 2 is 1.72 bits per heavy atom. The zero-order chi connectivity index (χ0) is 22.7. The molecule has 0 spiro atoms. The lowest BCUT2D eigenvalue weighted by molar-refractivity contribution is -0.117. The van der Waals surface area contributed by atoms with Crippen LogP contribution in [0.2, 0.25) is 0 Å². The minimum absolute atomic E-state index is 0.0344. The van der Waals surface area contributed by atoms with Gasteiger partial charge in [-0.3, -0.25) is 4.79 Å². The van der Waals surface area contributed by atoms with Crippen LogP contribution in [0.5, 0.6) is 5.75 Å². The third-order valence-electron chi connectivity index (χ3n) is 5.73. The van der Waals surface area contributed by atoms with Crippen molar-refractivity contribution in [1.29, 1.82) is 0 Å². The van der Waals surface area contributed by atoms with Crippen molar-refractivity contribution < 1.29 is 17.9 Å². The monoisotopic (exact) mass is 450 g/mol. The summed E-state index contributed by atoms with van der Waals surface area (Å²) in [6.45, 7) is 2.51. The van der Waals surface area contributed by atoms with E-state index in [-0.39, 0.29) is 10.8 Å². The Kier molecular flexibility index (Phi) is 6.30. The van der Waals surface area contributed by atoms with Gasteiger partial charge in [-0.1, -0.05) is 54.6 Å². The topological polar surface area (TPSA) is 75.7 Å². The van der Waals surface area contributed by atoms with Crippen LogP contribution in [0.3, 0.4) is 0 Å². The predicted molar refractivity (Wildman–Crippen MR) is 124 cm³/mol. The van der Waals surface area contributed by atoms with Crippen molar-refractivity contribution in [3.05, 3.63) is 89.5 Å². The molecule has 1 aliphatic rings. The molecule has 4 rings (SSSR count). The third kappa shape index (κ3) is 4.40. The van der Waals surface area contributed by atoms with Crippen molar-refractivity contribution in [3.8, 4) is 5.75 Å². The molecule has 1 saturated heterocycles. The fraction of sp³-hybridized carbons (Fsp3) is 0.240. The van der Waals surface area contributed by atoms with Gasteiger partial charge in [-0.25, -0.2) is 8.42 Å². The first-order valence-electron chi connectivity index (χ1n) is 10.5. The van der Waals surface area contributed by atoms with Crippen molar-refractivity contribution in [2.45, 2.75) is 30.7 Å². The molecular weight excluding hydrogens is 424 g/mol. The van der Waals surface area contributed by atoms with Crippen LogP contribution in [0.1, 0.15) is 35.6 Å². The molecule has 1 aliphatic heterocycles. The summed E-state index contributed by atoms with van der Waals surface area (Å²) in [6, 6.07) is 21.3. The van der Waals surface area contributed by atoms with Crippen LogP contribution >= 0.6 is 0 Å². The summed E-state index contributed by atoms with van der Waals surface area (Å²) in [5.74, 6) is 0.436. The van der Waals surface area contributed by atoms with Crippen molar-refractivity contribution >= 4 is 21.6 Å². The number of amides is 1. The molecule has 3 aromatic carbocycles. The Balaban J connectivity index is 1.75. The number of ether oxygens (including phenoxy) is 1. The van der Waals surface area contributed by atoms with Crippen LogP contribution in [0.15, 0.2) is 77.7 Å². The van der Waals surface area contributed by atoms with Crippen LogP contribution < -0.4 is 14.4 Å². The number of anilines is 1. The number of rotatable bonds is 7. The Labute approximate surface area is 188 Å². The summed E-state index contributed by atoms with van der Waals surface area (Å²) in [7, 11) is -2.40. The van der Waals surface area contributed by atoms with Gasteiger partial charge in [-0.05, 0) is 48.2 Å². The van der Waals surface area contributed by atoms with E-state index in [9.17, 15) is 13.2 Å². The average molecular weight is 451 g/mol. The molecule has 1 fully saturated rings. The van der Waals surface area contributed by atoms with Crippen LogP contribution in [0.25, 0.3) is 0 Å². The minimum Gasteiger partial charge on any atom is -0.495 e. The van der Waals surface area contributed by atoms with Gasteiger partial charge in [0.25, 0.3) is 0 Å². The first kappa shape index (κ1) is 22.0. The number of nitrogens with zero attached hydrogens (tertiary/aromatic N) is 1. The van der Waals surface area contributed by atoms with Gasteiger partial charge in [0.05, 0.1) is 23.7 Å². The van der Waals surface area contributed by atoms with E-state index in [1.807, 2.05) is 61.5 Å². The second kappa shape index (κ2) is 9.14. The second-order valence-corrected chi connectivity index (χ2v) is 9.52. The number of hydrogen-bond donors (Lipinski definition) is 1. The number of benzene rings is 3. The van der Waals surface area contributed by atoms with Gasteiger partial charge < -0.3 is 9.64 Å². The van der Waals surface area contributed by atoms with Gasteiger partial charge in [0, 0.05) is 13.0 Å². The van der Waals surface area contributed by atoms with E-state index < -0.39 is 16.1 Å². The molecule has 1 heterocycles. The lowest BCUT2D eigenvalue weighted by Gasteiger charge is -2.23. The molecule has 6 nitrogen and oxygen atoms in total. The Bertz CT molecular complexity index is 1230. The molecule has 32 heavy (non-hydrogen) atoms. The van der Waals surface area contributed by atoms with E-state index in [0.29, 0.717) is 24.4 Å². The van der Waals surface area contributed by atoms with E-state index in [1.165, 1.54) is 19.2 Å². The SMILES string of the molecule is COc1ccc(S(=O)(=O)N[C@@H](c2ccccc2)c2ccccc2C)cc1N1CCCC1=O. The zero-order valence-electron chi connectivity index (χ0n) is 18.1. The highest BCUT2D eigenvalue weighted by molar-refractivity contribution is 7.89. The van der Waals surface area contributed by atoms with Gasteiger partial charge in [-0.15, -0.1) is 0 Å². The van der Waals surface area contributed by atoms with E-state index in [4.69, 9.17) is 4.74 Å². The van der Waals surface area contributed by atoms with Crippen LogP contribution in [-0.2, 0) is 14.8 Å². The summed E-state index contributed by atoms with van der Waals surface area (Å²) < 4.78 is 35.3. The van der Waals surface area contributed by atoms with Crippen molar-refractivity contribution in [1.82, 2.24) is 4.72 Å². The molecule has 0 aromatic heterocycles. The highest BCUT2D eigenvalue weighted by Gasteiger charge is 2.28. The van der Waals surface area contributed by atoms with Crippen molar-refractivity contribution in [3.63, 3.8) is 0 Å². The molecule has 0 bridgehead atoms. The summed E-state index contributed by atoms with van der Waals surface area (Å²) in [6.07, 6.45) is 1.18. The summed E-state index contributed by atoms with van der Waals surface area (Å²) in [5, 5.41) is 0. The van der Waals surface area contributed by atoms with Gasteiger partial charge >= 0.3 is 0 Å². The first-order chi connectivity index (χ1) is 15.4. The summed E-state index contributed by atoms with van der Waals surface area (Å²) in [5.41, 5.74) is 3.19.